The third-order valence-corrected chi connectivity index (χ3v) is 2.45. The first-order valence-corrected chi connectivity index (χ1v) is 4.92. The van der Waals surface area contributed by atoms with E-state index in [1.54, 1.807) is 6.92 Å². The maximum Gasteiger partial charge on any atom is 0.287 e. The van der Waals surface area contributed by atoms with Gasteiger partial charge in [-0.25, -0.2) is 4.98 Å². The summed E-state index contributed by atoms with van der Waals surface area (Å²) in [6.45, 7) is 2.94. The highest BCUT2D eigenvalue weighted by molar-refractivity contribution is 5.73. The lowest BCUT2D eigenvalue weighted by molar-refractivity contribution is -0.0255. The van der Waals surface area contributed by atoms with Gasteiger partial charge in [0, 0.05) is 12.5 Å². The van der Waals surface area contributed by atoms with Gasteiger partial charge in [0.2, 0.25) is 0 Å². The summed E-state index contributed by atoms with van der Waals surface area (Å²) in [4.78, 5) is 4.04. The first kappa shape index (κ1) is 11.0. The molecular weight excluding hydrogens is 214 g/mol. The standard InChI is InChI=1S/C11H12F2N2O/c1-6(14)11(12,13)8-3-4-9-10(5-8)16-7(2)15-9/h3-6H,14H2,1-2H3. The molecule has 1 unspecified atom stereocenters. The molecule has 0 fully saturated rings. The second-order valence-corrected chi connectivity index (χ2v) is 3.83. The van der Waals surface area contributed by atoms with Gasteiger partial charge in [0.25, 0.3) is 5.92 Å². The number of alkyl halides is 2. The lowest BCUT2D eigenvalue weighted by Gasteiger charge is -2.20. The number of aryl methyl sites for hydroxylation is 1. The van der Waals surface area contributed by atoms with Crippen LogP contribution in [0.25, 0.3) is 11.1 Å². The highest BCUT2D eigenvalue weighted by Gasteiger charge is 2.36. The van der Waals surface area contributed by atoms with E-state index in [0.717, 1.165) is 0 Å². The van der Waals surface area contributed by atoms with Gasteiger partial charge < -0.3 is 10.2 Å². The van der Waals surface area contributed by atoms with Gasteiger partial charge in [-0.05, 0) is 19.1 Å². The highest BCUT2D eigenvalue weighted by atomic mass is 19.3. The van der Waals surface area contributed by atoms with Crippen LogP contribution < -0.4 is 5.73 Å². The molecule has 0 saturated heterocycles. The molecule has 3 nitrogen and oxygen atoms in total. The molecule has 0 aliphatic carbocycles. The van der Waals surface area contributed by atoms with Crippen LogP contribution in [0.4, 0.5) is 8.78 Å². The largest absolute Gasteiger partial charge is 0.441 e. The molecule has 1 aromatic carbocycles. The van der Waals surface area contributed by atoms with Crippen molar-refractivity contribution in [3.05, 3.63) is 29.7 Å². The Kier molecular flexibility index (Phi) is 2.42. The number of nitrogens with zero attached hydrogens (tertiary/aromatic N) is 1. The maximum atomic E-state index is 13.6. The monoisotopic (exact) mass is 226 g/mol. The van der Waals surface area contributed by atoms with E-state index in [0.29, 0.717) is 17.0 Å². The van der Waals surface area contributed by atoms with E-state index in [-0.39, 0.29) is 5.56 Å². The molecule has 2 N–H and O–H groups in total. The molecular formula is C11H12F2N2O. The number of halogens is 2. The van der Waals surface area contributed by atoms with Crippen LogP contribution in [0, 0.1) is 6.92 Å². The molecule has 0 spiro atoms. The Morgan fingerprint density at radius 2 is 2.12 bits per heavy atom. The van der Waals surface area contributed by atoms with Crippen molar-refractivity contribution >= 4 is 11.1 Å². The number of aromatic nitrogens is 1. The molecule has 1 aromatic heterocycles. The molecule has 86 valence electrons. The van der Waals surface area contributed by atoms with Crippen molar-refractivity contribution in [3.8, 4) is 0 Å². The molecule has 0 amide bonds. The first-order valence-electron chi connectivity index (χ1n) is 4.92. The van der Waals surface area contributed by atoms with Crippen LogP contribution in [0.1, 0.15) is 18.4 Å². The number of fused-ring (bicyclic) bond motifs is 1. The van der Waals surface area contributed by atoms with E-state index in [4.69, 9.17) is 10.2 Å². The summed E-state index contributed by atoms with van der Waals surface area (Å²) in [5.41, 5.74) is 6.04. The van der Waals surface area contributed by atoms with Crippen molar-refractivity contribution in [2.45, 2.75) is 25.8 Å². The smallest absolute Gasteiger partial charge is 0.287 e. The van der Waals surface area contributed by atoms with Crippen molar-refractivity contribution in [1.82, 2.24) is 4.98 Å². The summed E-state index contributed by atoms with van der Waals surface area (Å²) < 4.78 is 32.5. The number of hydrogen-bond acceptors (Lipinski definition) is 3. The molecule has 1 heterocycles. The Morgan fingerprint density at radius 1 is 1.44 bits per heavy atom. The first-order chi connectivity index (χ1) is 7.41. The van der Waals surface area contributed by atoms with E-state index in [1.165, 1.54) is 25.1 Å². The minimum Gasteiger partial charge on any atom is -0.441 e. The van der Waals surface area contributed by atoms with Crippen molar-refractivity contribution in [3.63, 3.8) is 0 Å². The zero-order valence-electron chi connectivity index (χ0n) is 9.00. The molecule has 0 aliphatic heterocycles. The van der Waals surface area contributed by atoms with Crippen molar-refractivity contribution in [1.29, 1.82) is 0 Å². The molecule has 2 rings (SSSR count). The summed E-state index contributed by atoms with van der Waals surface area (Å²) in [5, 5.41) is 0. The fourth-order valence-electron chi connectivity index (χ4n) is 1.51. The molecule has 0 bridgehead atoms. The summed E-state index contributed by atoms with van der Waals surface area (Å²) in [7, 11) is 0. The van der Waals surface area contributed by atoms with Gasteiger partial charge >= 0.3 is 0 Å². The average Bonchev–Trinajstić information content (AvgIpc) is 2.56. The Morgan fingerprint density at radius 3 is 2.75 bits per heavy atom. The van der Waals surface area contributed by atoms with Crippen LogP contribution >= 0.6 is 0 Å². The minimum atomic E-state index is -3.06. The van der Waals surface area contributed by atoms with Crippen LogP contribution in [0.5, 0.6) is 0 Å². The summed E-state index contributed by atoms with van der Waals surface area (Å²) in [5.74, 6) is -2.61. The predicted molar refractivity (Wildman–Crippen MR) is 56.3 cm³/mol. The lowest BCUT2D eigenvalue weighted by atomic mass is 10.0. The van der Waals surface area contributed by atoms with Crippen LogP contribution in [0.15, 0.2) is 22.6 Å². The summed E-state index contributed by atoms with van der Waals surface area (Å²) >= 11 is 0. The molecule has 2 aromatic rings. The zero-order chi connectivity index (χ0) is 11.9. The summed E-state index contributed by atoms with van der Waals surface area (Å²) in [6.07, 6.45) is 0. The molecule has 5 heteroatoms. The van der Waals surface area contributed by atoms with Crippen LogP contribution in [-0.2, 0) is 5.92 Å². The van der Waals surface area contributed by atoms with Gasteiger partial charge in [-0.15, -0.1) is 0 Å². The van der Waals surface area contributed by atoms with Crippen LogP contribution in [0.2, 0.25) is 0 Å². The molecule has 0 aliphatic rings. The van der Waals surface area contributed by atoms with Crippen molar-refractivity contribution < 1.29 is 13.2 Å². The molecule has 0 saturated carbocycles. The summed E-state index contributed by atoms with van der Waals surface area (Å²) in [6, 6.07) is 2.89. The molecule has 0 radical (unpaired) electrons. The predicted octanol–water partition coefficient (Wildman–Crippen LogP) is 2.58. The van der Waals surface area contributed by atoms with E-state index >= 15 is 0 Å². The van der Waals surface area contributed by atoms with Gasteiger partial charge in [-0.3, -0.25) is 0 Å². The number of nitrogens with two attached hydrogens (primary N) is 1. The Balaban J connectivity index is 2.54. The normalized spacial score (nSPS) is 14.3. The van der Waals surface area contributed by atoms with Crippen LogP contribution in [-0.4, -0.2) is 11.0 Å². The fraction of sp³-hybridized carbons (Fsp3) is 0.364. The van der Waals surface area contributed by atoms with Gasteiger partial charge in [0.1, 0.15) is 5.52 Å². The topological polar surface area (TPSA) is 52.0 Å². The Hall–Kier alpha value is -1.49. The van der Waals surface area contributed by atoms with Gasteiger partial charge in [0.15, 0.2) is 11.5 Å². The van der Waals surface area contributed by atoms with E-state index in [2.05, 4.69) is 4.98 Å². The maximum absolute atomic E-state index is 13.6. The number of oxazole rings is 1. The van der Waals surface area contributed by atoms with Gasteiger partial charge in [-0.2, -0.15) is 8.78 Å². The van der Waals surface area contributed by atoms with Crippen molar-refractivity contribution in [2.75, 3.05) is 0 Å². The quantitative estimate of drug-likeness (QED) is 0.856. The number of rotatable bonds is 2. The molecule has 16 heavy (non-hydrogen) atoms. The second kappa shape index (κ2) is 3.52. The average molecular weight is 226 g/mol. The third kappa shape index (κ3) is 1.67. The number of benzene rings is 1. The fourth-order valence-corrected chi connectivity index (χ4v) is 1.51. The number of hydrogen-bond donors (Lipinski definition) is 1. The Bertz CT molecular complexity index is 520. The second-order valence-electron chi connectivity index (χ2n) is 3.83. The van der Waals surface area contributed by atoms with E-state index in [1.807, 2.05) is 0 Å². The third-order valence-electron chi connectivity index (χ3n) is 2.45. The molecule has 1 atom stereocenters. The van der Waals surface area contributed by atoms with Crippen molar-refractivity contribution in [2.24, 2.45) is 5.73 Å². The lowest BCUT2D eigenvalue weighted by Crippen LogP contribution is -2.35. The van der Waals surface area contributed by atoms with Gasteiger partial charge in [0.05, 0.1) is 6.04 Å². The SMILES string of the molecule is Cc1nc2ccc(C(F)(F)C(C)N)cc2o1. The van der Waals surface area contributed by atoms with Gasteiger partial charge in [-0.1, -0.05) is 6.07 Å². The zero-order valence-corrected chi connectivity index (χ0v) is 9.00. The highest BCUT2D eigenvalue weighted by Crippen LogP contribution is 2.32. The van der Waals surface area contributed by atoms with Crippen LogP contribution in [0.3, 0.4) is 0 Å². The minimum absolute atomic E-state index is 0.147. The van der Waals surface area contributed by atoms with E-state index in [9.17, 15) is 8.78 Å². The Labute approximate surface area is 91.3 Å². The van der Waals surface area contributed by atoms with E-state index < -0.39 is 12.0 Å².